The van der Waals surface area contributed by atoms with Crippen molar-refractivity contribution in [3.63, 3.8) is 0 Å². The Morgan fingerprint density at radius 1 is 0.970 bits per heavy atom. The van der Waals surface area contributed by atoms with E-state index in [9.17, 15) is 4.79 Å². The molecular weight excluding hydrogens is 412 g/mol. The smallest absolute Gasteiger partial charge is 0.229 e. The Kier molecular flexibility index (Phi) is 5.85. The van der Waals surface area contributed by atoms with Crippen molar-refractivity contribution in [2.24, 2.45) is 5.92 Å². The number of carbonyl (C=O) groups excluding carboxylic acids is 1. The van der Waals surface area contributed by atoms with Gasteiger partial charge >= 0.3 is 0 Å². The Labute approximate surface area is 193 Å². The molecule has 0 aliphatic carbocycles. The highest BCUT2D eigenvalue weighted by Gasteiger charge is 2.27. The Hall–Kier alpha value is -4.00. The van der Waals surface area contributed by atoms with Crippen LogP contribution < -0.4 is 10.2 Å². The minimum atomic E-state index is -0.111. The van der Waals surface area contributed by atoms with Crippen molar-refractivity contribution in [1.29, 1.82) is 0 Å². The molecule has 7 nitrogen and oxygen atoms in total. The number of nitrogens with one attached hydrogen (secondary N) is 1. The molecule has 166 valence electrons. The molecule has 1 unspecified atom stereocenters. The molecule has 2 aromatic heterocycles. The van der Waals surface area contributed by atoms with Gasteiger partial charge in [-0.25, -0.2) is 4.98 Å². The van der Waals surface area contributed by atoms with Gasteiger partial charge in [0.1, 0.15) is 5.82 Å². The van der Waals surface area contributed by atoms with Crippen LogP contribution in [0.4, 0.5) is 11.5 Å². The quantitative estimate of drug-likeness (QED) is 0.497. The first kappa shape index (κ1) is 20.9. The van der Waals surface area contributed by atoms with Gasteiger partial charge in [0.15, 0.2) is 11.6 Å². The SMILES string of the molecule is Cc1nccn1-c1ccc(N2CCCC(C(=O)Nc3ccccc3-c3ccccc3)C2)nn1. The van der Waals surface area contributed by atoms with E-state index < -0.39 is 0 Å². The number of carbonyl (C=O) groups is 1. The molecule has 3 heterocycles. The number of nitrogens with zero attached hydrogens (tertiary/aromatic N) is 5. The van der Waals surface area contributed by atoms with Gasteiger partial charge in [-0.3, -0.25) is 9.36 Å². The monoisotopic (exact) mass is 438 g/mol. The van der Waals surface area contributed by atoms with Gasteiger partial charge in [0, 0.05) is 36.7 Å². The minimum Gasteiger partial charge on any atom is -0.354 e. The third kappa shape index (κ3) is 4.48. The molecule has 1 saturated heterocycles. The summed E-state index contributed by atoms with van der Waals surface area (Å²) in [6.07, 6.45) is 5.40. The summed E-state index contributed by atoms with van der Waals surface area (Å²) in [5.41, 5.74) is 2.95. The van der Waals surface area contributed by atoms with Crippen LogP contribution in [-0.2, 0) is 4.79 Å². The summed E-state index contributed by atoms with van der Waals surface area (Å²) in [7, 11) is 0. The molecule has 1 amide bonds. The average Bonchev–Trinajstić information content (AvgIpc) is 3.31. The molecule has 1 N–H and O–H groups in total. The largest absolute Gasteiger partial charge is 0.354 e. The molecule has 1 atom stereocenters. The van der Waals surface area contributed by atoms with Crippen molar-refractivity contribution in [2.45, 2.75) is 19.8 Å². The highest BCUT2D eigenvalue weighted by Crippen LogP contribution is 2.29. The lowest BCUT2D eigenvalue weighted by Crippen LogP contribution is -2.41. The molecule has 2 aromatic carbocycles. The maximum absolute atomic E-state index is 13.2. The highest BCUT2D eigenvalue weighted by molar-refractivity contribution is 5.97. The van der Waals surface area contributed by atoms with E-state index in [4.69, 9.17) is 0 Å². The number of piperidine rings is 1. The first-order chi connectivity index (χ1) is 16.2. The molecule has 1 aliphatic rings. The fourth-order valence-electron chi connectivity index (χ4n) is 4.33. The Balaban J connectivity index is 1.29. The first-order valence-corrected chi connectivity index (χ1v) is 11.2. The Bertz CT molecular complexity index is 1240. The fourth-order valence-corrected chi connectivity index (χ4v) is 4.33. The zero-order valence-corrected chi connectivity index (χ0v) is 18.6. The van der Waals surface area contributed by atoms with E-state index in [1.165, 1.54) is 0 Å². The summed E-state index contributed by atoms with van der Waals surface area (Å²) >= 11 is 0. The highest BCUT2D eigenvalue weighted by atomic mass is 16.1. The van der Waals surface area contributed by atoms with Crippen LogP contribution in [0.5, 0.6) is 0 Å². The number of anilines is 2. The van der Waals surface area contributed by atoms with Crippen LogP contribution in [0.3, 0.4) is 0 Å². The number of amides is 1. The summed E-state index contributed by atoms with van der Waals surface area (Å²) in [6.45, 7) is 3.42. The van der Waals surface area contributed by atoms with Gasteiger partial charge in [0.25, 0.3) is 0 Å². The van der Waals surface area contributed by atoms with Gasteiger partial charge in [0.05, 0.1) is 5.92 Å². The normalized spacial score (nSPS) is 15.9. The van der Waals surface area contributed by atoms with Crippen LogP contribution >= 0.6 is 0 Å². The van der Waals surface area contributed by atoms with Crippen LogP contribution in [0, 0.1) is 12.8 Å². The van der Waals surface area contributed by atoms with E-state index in [0.717, 1.165) is 53.7 Å². The van der Waals surface area contributed by atoms with E-state index in [2.05, 4.69) is 37.5 Å². The minimum absolute atomic E-state index is 0.0432. The second-order valence-electron chi connectivity index (χ2n) is 8.28. The van der Waals surface area contributed by atoms with Crippen molar-refractivity contribution in [3.8, 4) is 16.9 Å². The lowest BCUT2D eigenvalue weighted by atomic mass is 9.96. The van der Waals surface area contributed by atoms with Crippen LogP contribution in [-0.4, -0.2) is 38.7 Å². The molecule has 4 aromatic rings. The van der Waals surface area contributed by atoms with Gasteiger partial charge in [-0.05, 0) is 43.5 Å². The molecule has 0 radical (unpaired) electrons. The van der Waals surface area contributed by atoms with E-state index in [1.54, 1.807) is 6.20 Å². The molecule has 0 saturated carbocycles. The number of rotatable bonds is 5. The number of hydrogen-bond donors (Lipinski definition) is 1. The zero-order chi connectivity index (χ0) is 22.6. The standard InChI is InChI=1S/C26H26N6O/c1-19-27-15-17-32(19)25-14-13-24(29-30-25)31-16-7-10-21(18-31)26(33)28-23-12-6-5-11-22(23)20-8-3-2-4-9-20/h2-6,8-9,11-15,17,21H,7,10,16,18H2,1H3,(H,28,33). The third-order valence-corrected chi connectivity index (χ3v) is 6.09. The number of aryl methyl sites for hydroxylation is 1. The summed E-state index contributed by atoms with van der Waals surface area (Å²) in [6, 6.07) is 22.0. The number of imidazole rings is 1. The molecule has 33 heavy (non-hydrogen) atoms. The molecule has 1 aliphatic heterocycles. The summed E-state index contributed by atoms with van der Waals surface area (Å²) < 4.78 is 1.90. The lowest BCUT2D eigenvalue weighted by Gasteiger charge is -2.32. The predicted molar refractivity (Wildman–Crippen MR) is 129 cm³/mol. The van der Waals surface area contributed by atoms with Crippen molar-refractivity contribution < 1.29 is 4.79 Å². The van der Waals surface area contributed by atoms with Gasteiger partial charge in [-0.2, -0.15) is 0 Å². The van der Waals surface area contributed by atoms with Crippen molar-refractivity contribution >= 4 is 17.4 Å². The molecule has 1 fully saturated rings. The Morgan fingerprint density at radius 2 is 1.73 bits per heavy atom. The van der Waals surface area contributed by atoms with Gasteiger partial charge < -0.3 is 10.2 Å². The number of para-hydroxylation sites is 1. The van der Waals surface area contributed by atoms with Gasteiger partial charge in [-0.1, -0.05) is 48.5 Å². The van der Waals surface area contributed by atoms with E-state index in [0.29, 0.717) is 6.54 Å². The summed E-state index contributed by atoms with van der Waals surface area (Å²) in [5.74, 6) is 2.32. The maximum Gasteiger partial charge on any atom is 0.229 e. The molecular formula is C26H26N6O. The van der Waals surface area contributed by atoms with Gasteiger partial charge in [0.2, 0.25) is 5.91 Å². The van der Waals surface area contributed by atoms with Crippen LogP contribution in [0.25, 0.3) is 16.9 Å². The van der Waals surface area contributed by atoms with Crippen LogP contribution in [0.2, 0.25) is 0 Å². The first-order valence-electron chi connectivity index (χ1n) is 11.2. The summed E-state index contributed by atoms with van der Waals surface area (Å²) in [4.78, 5) is 19.6. The number of hydrogen-bond acceptors (Lipinski definition) is 5. The fraction of sp³-hybridized carbons (Fsp3) is 0.231. The third-order valence-electron chi connectivity index (χ3n) is 6.09. The van der Waals surface area contributed by atoms with Gasteiger partial charge in [-0.15, -0.1) is 10.2 Å². The van der Waals surface area contributed by atoms with Crippen molar-refractivity contribution in [1.82, 2.24) is 19.7 Å². The second-order valence-corrected chi connectivity index (χ2v) is 8.28. The zero-order valence-electron chi connectivity index (χ0n) is 18.6. The molecule has 7 heteroatoms. The average molecular weight is 439 g/mol. The van der Waals surface area contributed by atoms with Crippen LogP contribution in [0.15, 0.2) is 79.1 Å². The second kappa shape index (κ2) is 9.24. The predicted octanol–water partition coefficient (Wildman–Crippen LogP) is 4.49. The Morgan fingerprint density at radius 3 is 2.48 bits per heavy atom. The lowest BCUT2D eigenvalue weighted by molar-refractivity contribution is -0.120. The van der Waals surface area contributed by atoms with Crippen molar-refractivity contribution in [3.05, 3.63) is 84.9 Å². The molecule has 0 spiro atoms. The van der Waals surface area contributed by atoms with Crippen LogP contribution in [0.1, 0.15) is 18.7 Å². The van der Waals surface area contributed by atoms with E-state index in [1.807, 2.05) is 72.3 Å². The maximum atomic E-state index is 13.2. The molecule has 5 rings (SSSR count). The number of aromatic nitrogens is 4. The van der Waals surface area contributed by atoms with E-state index in [-0.39, 0.29) is 11.8 Å². The number of benzene rings is 2. The molecule has 0 bridgehead atoms. The topological polar surface area (TPSA) is 75.9 Å². The summed E-state index contributed by atoms with van der Waals surface area (Å²) in [5, 5.41) is 12.0. The van der Waals surface area contributed by atoms with Crippen molar-refractivity contribution in [2.75, 3.05) is 23.3 Å². The van der Waals surface area contributed by atoms with E-state index >= 15 is 0 Å².